The minimum absolute atomic E-state index is 0.161. The molecule has 0 saturated heterocycles. The van der Waals surface area contributed by atoms with Crippen LogP contribution in [0.5, 0.6) is 5.75 Å². The molecule has 2 aromatic heterocycles. The van der Waals surface area contributed by atoms with Crippen LogP contribution in [0.1, 0.15) is 30.0 Å². The predicted molar refractivity (Wildman–Crippen MR) is 105 cm³/mol. The SMILES string of the molecule is CC(C)COc1cc2nn(CC(=O)O)cc2cc1NC(=O)c1cccc(C(F)(F)F)n1. The number of nitrogens with zero attached hydrogens (tertiary/aromatic N) is 3. The van der Waals surface area contributed by atoms with Gasteiger partial charge in [0.05, 0.1) is 17.8 Å². The van der Waals surface area contributed by atoms with E-state index in [1.807, 2.05) is 13.8 Å². The Labute approximate surface area is 174 Å². The molecule has 0 atom stereocenters. The van der Waals surface area contributed by atoms with Gasteiger partial charge >= 0.3 is 12.1 Å². The van der Waals surface area contributed by atoms with Gasteiger partial charge in [0.2, 0.25) is 0 Å². The summed E-state index contributed by atoms with van der Waals surface area (Å²) in [6.45, 7) is 3.80. The number of hydrogen-bond donors (Lipinski definition) is 2. The third-order valence-corrected chi connectivity index (χ3v) is 4.04. The molecule has 0 aliphatic heterocycles. The minimum Gasteiger partial charge on any atom is -0.491 e. The number of rotatable bonds is 7. The maximum Gasteiger partial charge on any atom is 0.433 e. The largest absolute Gasteiger partial charge is 0.491 e. The number of alkyl halides is 3. The lowest BCUT2D eigenvalue weighted by Crippen LogP contribution is -2.17. The van der Waals surface area contributed by atoms with Gasteiger partial charge in [-0.2, -0.15) is 18.3 Å². The van der Waals surface area contributed by atoms with Crippen LogP contribution in [0.15, 0.2) is 36.5 Å². The van der Waals surface area contributed by atoms with E-state index in [1.165, 1.54) is 29.1 Å². The topological polar surface area (TPSA) is 106 Å². The molecule has 0 radical (unpaired) electrons. The highest BCUT2D eigenvalue weighted by molar-refractivity contribution is 6.05. The molecule has 1 aromatic carbocycles. The summed E-state index contributed by atoms with van der Waals surface area (Å²) in [4.78, 5) is 26.9. The normalized spacial score (nSPS) is 11.7. The Bertz CT molecular complexity index is 1130. The molecule has 0 bridgehead atoms. The summed E-state index contributed by atoms with van der Waals surface area (Å²) in [6.07, 6.45) is -3.20. The summed E-state index contributed by atoms with van der Waals surface area (Å²) in [5.74, 6) is -1.51. The van der Waals surface area contributed by atoms with Crippen LogP contribution < -0.4 is 10.1 Å². The molecule has 0 aliphatic rings. The van der Waals surface area contributed by atoms with E-state index >= 15 is 0 Å². The molecule has 11 heteroatoms. The van der Waals surface area contributed by atoms with Crippen LogP contribution in [0.25, 0.3) is 10.9 Å². The number of anilines is 1. The van der Waals surface area contributed by atoms with Gasteiger partial charge in [-0.25, -0.2) is 4.98 Å². The van der Waals surface area contributed by atoms with Crippen molar-refractivity contribution in [3.05, 3.63) is 47.9 Å². The van der Waals surface area contributed by atoms with E-state index in [9.17, 15) is 22.8 Å². The Morgan fingerprint density at radius 3 is 2.65 bits per heavy atom. The van der Waals surface area contributed by atoms with Crippen LogP contribution in [-0.2, 0) is 17.5 Å². The molecule has 0 unspecified atom stereocenters. The van der Waals surface area contributed by atoms with E-state index in [2.05, 4.69) is 15.4 Å². The first-order valence-electron chi connectivity index (χ1n) is 9.24. The first-order chi connectivity index (χ1) is 14.5. The summed E-state index contributed by atoms with van der Waals surface area (Å²) < 4.78 is 45.7. The van der Waals surface area contributed by atoms with Gasteiger partial charge in [-0.15, -0.1) is 0 Å². The van der Waals surface area contributed by atoms with Gasteiger partial charge in [-0.3, -0.25) is 14.3 Å². The summed E-state index contributed by atoms with van der Waals surface area (Å²) in [6, 6.07) is 6.09. The van der Waals surface area contributed by atoms with Gasteiger partial charge in [0.1, 0.15) is 23.7 Å². The zero-order chi connectivity index (χ0) is 22.8. The van der Waals surface area contributed by atoms with Gasteiger partial charge in [0.25, 0.3) is 5.91 Å². The van der Waals surface area contributed by atoms with Crippen molar-refractivity contribution < 1.29 is 32.6 Å². The van der Waals surface area contributed by atoms with Crippen LogP contribution in [-0.4, -0.2) is 38.4 Å². The van der Waals surface area contributed by atoms with Crippen molar-refractivity contribution in [3.63, 3.8) is 0 Å². The summed E-state index contributed by atoms with van der Waals surface area (Å²) in [5.41, 5.74) is -0.949. The fraction of sp³-hybridized carbons (Fsp3) is 0.300. The number of fused-ring (bicyclic) bond motifs is 1. The van der Waals surface area contributed by atoms with Crippen molar-refractivity contribution >= 4 is 28.5 Å². The second-order valence-corrected chi connectivity index (χ2v) is 7.19. The number of carboxylic acid groups (broad SMARTS) is 1. The predicted octanol–water partition coefficient (Wildman–Crippen LogP) is 3.82. The van der Waals surface area contributed by atoms with Crippen molar-refractivity contribution in [2.24, 2.45) is 5.92 Å². The van der Waals surface area contributed by atoms with Crippen LogP contribution in [0.4, 0.5) is 18.9 Å². The van der Waals surface area contributed by atoms with Crippen LogP contribution in [0, 0.1) is 5.92 Å². The fourth-order valence-corrected chi connectivity index (χ4v) is 2.70. The molecule has 2 N–H and O–H groups in total. The van der Waals surface area contributed by atoms with Gasteiger partial charge in [0.15, 0.2) is 0 Å². The number of nitrogens with one attached hydrogen (secondary N) is 1. The number of amides is 1. The molecule has 0 spiro atoms. The number of carbonyl (C=O) groups excluding carboxylic acids is 1. The fourth-order valence-electron chi connectivity index (χ4n) is 2.70. The van der Waals surface area contributed by atoms with E-state index in [0.717, 1.165) is 12.1 Å². The number of aliphatic carboxylic acids is 1. The molecule has 0 aliphatic carbocycles. The van der Waals surface area contributed by atoms with Gasteiger partial charge in [-0.1, -0.05) is 19.9 Å². The van der Waals surface area contributed by atoms with E-state index in [1.54, 1.807) is 0 Å². The van der Waals surface area contributed by atoms with E-state index in [0.29, 0.717) is 17.5 Å². The quantitative estimate of drug-likeness (QED) is 0.583. The Balaban J connectivity index is 1.95. The van der Waals surface area contributed by atoms with Crippen LogP contribution in [0.3, 0.4) is 0 Å². The molecule has 31 heavy (non-hydrogen) atoms. The van der Waals surface area contributed by atoms with Crippen molar-refractivity contribution in [1.29, 1.82) is 0 Å². The Morgan fingerprint density at radius 2 is 2.00 bits per heavy atom. The first kappa shape index (κ1) is 22.1. The molecule has 8 nitrogen and oxygen atoms in total. The highest BCUT2D eigenvalue weighted by Gasteiger charge is 2.33. The number of pyridine rings is 1. The zero-order valence-electron chi connectivity index (χ0n) is 16.6. The standard InChI is InChI=1S/C20H19F3N4O4/c1-11(2)10-31-16-7-14-12(8-27(26-14)9-18(28)29)6-15(16)25-19(30)13-4-3-5-17(24-13)20(21,22)23/h3-8,11H,9-10H2,1-2H3,(H,25,30)(H,28,29). The molecule has 2 heterocycles. The number of carbonyl (C=O) groups is 2. The minimum atomic E-state index is -4.68. The maximum absolute atomic E-state index is 12.9. The average Bonchev–Trinajstić information content (AvgIpc) is 3.05. The number of benzene rings is 1. The Hall–Kier alpha value is -3.63. The highest BCUT2D eigenvalue weighted by Crippen LogP contribution is 2.31. The summed E-state index contributed by atoms with van der Waals surface area (Å²) in [7, 11) is 0. The summed E-state index contributed by atoms with van der Waals surface area (Å²) >= 11 is 0. The van der Waals surface area contributed by atoms with Crippen LogP contribution in [0.2, 0.25) is 0 Å². The Kier molecular flexibility index (Phi) is 6.14. The molecule has 3 rings (SSSR count). The van der Waals surface area contributed by atoms with E-state index < -0.39 is 29.4 Å². The van der Waals surface area contributed by atoms with Gasteiger partial charge in [0, 0.05) is 17.6 Å². The number of hydrogen-bond acceptors (Lipinski definition) is 5. The molecule has 3 aromatic rings. The van der Waals surface area contributed by atoms with E-state index in [4.69, 9.17) is 9.84 Å². The Morgan fingerprint density at radius 1 is 1.26 bits per heavy atom. The second kappa shape index (κ2) is 8.62. The number of carboxylic acids is 1. The first-order valence-corrected chi connectivity index (χ1v) is 9.24. The number of aromatic nitrogens is 3. The number of halogens is 3. The molecule has 1 amide bonds. The molecular weight excluding hydrogens is 417 g/mol. The molecule has 0 fully saturated rings. The maximum atomic E-state index is 12.9. The lowest BCUT2D eigenvalue weighted by Gasteiger charge is -2.14. The lowest BCUT2D eigenvalue weighted by molar-refractivity contribution is -0.141. The molecular formula is C20H19F3N4O4. The van der Waals surface area contributed by atoms with Crippen molar-refractivity contribution in [3.8, 4) is 5.75 Å². The third kappa shape index (κ3) is 5.50. The summed E-state index contributed by atoms with van der Waals surface area (Å²) in [5, 5.41) is 16.1. The molecule has 0 saturated carbocycles. The van der Waals surface area contributed by atoms with Crippen LogP contribution >= 0.6 is 0 Å². The zero-order valence-corrected chi connectivity index (χ0v) is 16.6. The van der Waals surface area contributed by atoms with Crippen molar-refractivity contribution in [1.82, 2.24) is 14.8 Å². The van der Waals surface area contributed by atoms with Crippen molar-refractivity contribution in [2.45, 2.75) is 26.6 Å². The third-order valence-electron chi connectivity index (χ3n) is 4.04. The molecule has 164 valence electrons. The second-order valence-electron chi connectivity index (χ2n) is 7.19. The monoisotopic (exact) mass is 436 g/mol. The van der Waals surface area contributed by atoms with Gasteiger partial charge in [-0.05, 0) is 24.1 Å². The van der Waals surface area contributed by atoms with Crippen molar-refractivity contribution in [2.75, 3.05) is 11.9 Å². The lowest BCUT2D eigenvalue weighted by atomic mass is 10.2. The van der Waals surface area contributed by atoms with Gasteiger partial charge < -0.3 is 15.2 Å². The average molecular weight is 436 g/mol. The smallest absolute Gasteiger partial charge is 0.433 e. The number of ether oxygens (including phenoxy) is 1. The van der Waals surface area contributed by atoms with E-state index in [-0.39, 0.29) is 23.9 Å². The highest BCUT2D eigenvalue weighted by atomic mass is 19.4.